The van der Waals surface area contributed by atoms with Crippen LogP contribution in [-0.2, 0) is 9.59 Å². The fraction of sp³-hybridized carbons (Fsp3) is 0.467. The number of para-hydroxylation sites is 2. The van der Waals surface area contributed by atoms with Gasteiger partial charge in [-0.15, -0.1) is 0 Å². The average molecular weight is 275 g/mol. The summed E-state index contributed by atoms with van der Waals surface area (Å²) in [6.07, 6.45) is 1.93. The van der Waals surface area contributed by atoms with E-state index in [4.69, 9.17) is 5.73 Å². The standard InChI is InChI=1S/C15H21N3O2/c1-2-11-9-15(20)18(10-11)8-7-14(19)17-13-6-4-3-5-12(13)16/h3-6,11H,2,7-10,16H2,1H3,(H,17,19). The summed E-state index contributed by atoms with van der Waals surface area (Å²) in [6.45, 7) is 3.34. The second-order valence-corrected chi connectivity index (χ2v) is 5.20. The lowest BCUT2D eigenvalue weighted by atomic mass is 10.1. The molecule has 1 heterocycles. The number of benzene rings is 1. The molecule has 1 unspecified atom stereocenters. The summed E-state index contributed by atoms with van der Waals surface area (Å²) in [5, 5.41) is 2.77. The molecule has 2 rings (SSSR count). The van der Waals surface area contributed by atoms with Gasteiger partial charge in [-0.2, -0.15) is 0 Å². The highest BCUT2D eigenvalue weighted by Crippen LogP contribution is 2.21. The third-order valence-electron chi connectivity index (χ3n) is 3.72. The number of rotatable bonds is 5. The van der Waals surface area contributed by atoms with Gasteiger partial charge in [0.05, 0.1) is 11.4 Å². The predicted molar refractivity (Wildman–Crippen MR) is 79.1 cm³/mol. The Kier molecular flexibility index (Phi) is 4.61. The Morgan fingerprint density at radius 1 is 1.45 bits per heavy atom. The number of likely N-dealkylation sites (tertiary alicyclic amines) is 1. The van der Waals surface area contributed by atoms with Gasteiger partial charge in [0, 0.05) is 25.9 Å². The fourth-order valence-electron chi connectivity index (χ4n) is 2.40. The maximum atomic E-state index is 11.9. The lowest BCUT2D eigenvalue weighted by molar-refractivity contribution is -0.128. The number of anilines is 2. The van der Waals surface area contributed by atoms with Gasteiger partial charge >= 0.3 is 0 Å². The molecule has 0 spiro atoms. The second-order valence-electron chi connectivity index (χ2n) is 5.20. The number of nitrogens with one attached hydrogen (secondary N) is 1. The first kappa shape index (κ1) is 14.4. The minimum absolute atomic E-state index is 0.115. The number of nitrogen functional groups attached to an aromatic ring is 1. The number of nitrogens with two attached hydrogens (primary N) is 1. The molecule has 3 N–H and O–H groups in total. The van der Waals surface area contributed by atoms with Crippen molar-refractivity contribution in [2.75, 3.05) is 24.1 Å². The molecule has 1 aromatic carbocycles. The van der Waals surface area contributed by atoms with Crippen LogP contribution < -0.4 is 11.1 Å². The van der Waals surface area contributed by atoms with E-state index in [1.165, 1.54) is 0 Å². The molecular weight excluding hydrogens is 254 g/mol. The zero-order chi connectivity index (χ0) is 14.5. The molecule has 1 fully saturated rings. The van der Waals surface area contributed by atoms with Gasteiger partial charge in [-0.1, -0.05) is 25.5 Å². The van der Waals surface area contributed by atoms with E-state index in [0.29, 0.717) is 36.7 Å². The first-order chi connectivity index (χ1) is 9.60. The lowest BCUT2D eigenvalue weighted by Crippen LogP contribution is -2.29. The largest absolute Gasteiger partial charge is 0.397 e. The smallest absolute Gasteiger partial charge is 0.226 e. The molecule has 0 saturated carbocycles. The number of hydrogen-bond donors (Lipinski definition) is 2. The molecule has 5 nitrogen and oxygen atoms in total. The number of carbonyl (C=O) groups excluding carboxylic acids is 2. The highest BCUT2D eigenvalue weighted by Gasteiger charge is 2.28. The van der Waals surface area contributed by atoms with Crippen LogP contribution in [0.2, 0.25) is 0 Å². The zero-order valence-corrected chi connectivity index (χ0v) is 11.8. The highest BCUT2D eigenvalue weighted by atomic mass is 16.2. The Morgan fingerprint density at radius 3 is 2.85 bits per heavy atom. The molecule has 0 aromatic heterocycles. The number of nitrogens with zero attached hydrogens (tertiary/aromatic N) is 1. The van der Waals surface area contributed by atoms with Gasteiger partial charge in [0.1, 0.15) is 0 Å². The molecule has 108 valence electrons. The van der Waals surface area contributed by atoms with Crippen molar-refractivity contribution >= 4 is 23.2 Å². The van der Waals surface area contributed by atoms with E-state index in [2.05, 4.69) is 12.2 Å². The molecular formula is C15H21N3O2. The van der Waals surface area contributed by atoms with Gasteiger partial charge in [-0.3, -0.25) is 9.59 Å². The van der Waals surface area contributed by atoms with Crippen molar-refractivity contribution in [3.05, 3.63) is 24.3 Å². The van der Waals surface area contributed by atoms with E-state index < -0.39 is 0 Å². The van der Waals surface area contributed by atoms with E-state index in [1.54, 1.807) is 17.0 Å². The highest BCUT2D eigenvalue weighted by molar-refractivity contribution is 5.94. The number of amides is 2. The molecule has 0 aliphatic carbocycles. The van der Waals surface area contributed by atoms with Crippen LogP contribution in [0.1, 0.15) is 26.2 Å². The van der Waals surface area contributed by atoms with Gasteiger partial charge in [-0.05, 0) is 18.1 Å². The first-order valence-electron chi connectivity index (χ1n) is 7.02. The van der Waals surface area contributed by atoms with Crippen molar-refractivity contribution in [2.24, 2.45) is 5.92 Å². The van der Waals surface area contributed by atoms with Crippen LogP contribution in [0.3, 0.4) is 0 Å². The Balaban J connectivity index is 1.81. The van der Waals surface area contributed by atoms with Gasteiger partial charge in [0.25, 0.3) is 0 Å². The molecule has 1 saturated heterocycles. The van der Waals surface area contributed by atoms with Crippen LogP contribution in [-0.4, -0.2) is 29.8 Å². The monoisotopic (exact) mass is 275 g/mol. The summed E-state index contributed by atoms with van der Waals surface area (Å²) in [5.74, 6) is 0.481. The van der Waals surface area contributed by atoms with E-state index in [1.807, 2.05) is 12.1 Å². The van der Waals surface area contributed by atoms with Crippen LogP contribution in [0.5, 0.6) is 0 Å². The summed E-state index contributed by atoms with van der Waals surface area (Å²) in [5.41, 5.74) is 6.93. The second kappa shape index (κ2) is 6.41. The van der Waals surface area contributed by atoms with Crippen molar-refractivity contribution in [1.29, 1.82) is 0 Å². The minimum Gasteiger partial charge on any atom is -0.397 e. The van der Waals surface area contributed by atoms with E-state index >= 15 is 0 Å². The molecule has 1 atom stereocenters. The van der Waals surface area contributed by atoms with Crippen LogP contribution in [0.15, 0.2) is 24.3 Å². The van der Waals surface area contributed by atoms with Gasteiger partial charge < -0.3 is 16.0 Å². The fourth-order valence-corrected chi connectivity index (χ4v) is 2.40. The predicted octanol–water partition coefficient (Wildman–Crippen LogP) is 1.86. The third-order valence-corrected chi connectivity index (χ3v) is 3.72. The molecule has 1 aliphatic heterocycles. The molecule has 1 aromatic rings. The molecule has 0 radical (unpaired) electrons. The Bertz CT molecular complexity index is 502. The Labute approximate surface area is 119 Å². The summed E-state index contributed by atoms with van der Waals surface area (Å²) in [7, 11) is 0. The number of hydrogen-bond acceptors (Lipinski definition) is 3. The Hall–Kier alpha value is -2.04. The topological polar surface area (TPSA) is 75.4 Å². The SMILES string of the molecule is CCC1CC(=O)N(CCC(=O)Nc2ccccc2N)C1. The molecule has 20 heavy (non-hydrogen) atoms. The molecule has 1 aliphatic rings. The quantitative estimate of drug-likeness (QED) is 0.805. The minimum atomic E-state index is -0.115. The van der Waals surface area contributed by atoms with Crippen molar-refractivity contribution in [2.45, 2.75) is 26.2 Å². The summed E-state index contributed by atoms with van der Waals surface area (Å²) in [6, 6.07) is 7.15. The van der Waals surface area contributed by atoms with Crippen molar-refractivity contribution in [3.8, 4) is 0 Å². The van der Waals surface area contributed by atoms with Crippen LogP contribution >= 0.6 is 0 Å². The van der Waals surface area contributed by atoms with E-state index in [-0.39, 0.29) is 11.8 Å². The lowest BCUT2D eigenvalue weighted by Gasteiger charge is -2.16. The van der Waals surface area contributed by atoms with E-state index in [0.717, 1.165) is 13.0 Å². The molecule has 2 amide bonds. The van der Waals surface area contributed by atoms with Crippen molar-refractivity contribution < 1.29 is 9.59 Å². The number of carbonyl (C=O) groups is 2. The van der Waals surface area contributed by atoms with Crippen LogP contribution in [0.25, 0.3) is 0 Å². The zero-order valence-electron chi connectivity index (χ0n) is 11.8. The summed E-state index contributed by atoms with van der Waals surface area (Å²) < 4.78 is 0. The van der Waals surface area contributed by atoms with Gasteiger partial charge in [0.15, 0.2) is 0 Å². The summed E-state index contributed by atoms with van der Waals surface area (Å²) >= 11 is 0. The Morgan fingerprint density at radius 2 is 2.20 bits per heavy atom. The van der Waals surface area contributed by atoms with Crippen LogP contribution in [0, 0.1) is 5.92 Å². The average Bonchev–Trinajstić information content (AvgIpc) is 2.80. The first-order valence-corrected chi connectivity index (χ1v) is 7.02. The van der Waals surface area contributed by atoms with Gasteiger partial charge in [-0.25, -0.2) is 0 Å². The normalized spacial score (nSPS) is 18.4. The van der Waals surface area contributed by atoms with Gasteiger partial charge in [0.2, 0.25) is 11.8 Å². The van der Waals surface area contributed by atoms with Crippen LogP contribution in [0.4, 0.5) is 11.4 Å². The molecule has 5 heteroatoms. The maximum absolute atomic E-state index is 11.9. The third kappa shape index (κ3) is 3.50. The van der Waals surface area contributed by atoms with E-state index in [9.17, 15) is 9.59 Å². The maximum Gasteiger partial charge on any atom is 0.226 e. The summed E-state index contributed by atoms with van der Waals surface area (Å²) in [4.78, 5) is 25.4. The van der Waals surface area contributed by atoms with Crippen molar-refractivity contribution in [1.82, 2.24) is 4.90 Å². The van der Waals surface area contributed by atoms with Crippen molar-refractivity contribution in [3.63, 3.8) is 0 Å². The molecule has 0 bridgehead atoms.